The first kappa shape index (κ1) is 11.9. The van der Waals surface area contributed by atoms with E-state index in [2.05, 4.69) is 19.3 Å². The molecule has 1 aromatic carbocycles. The average molecular weight is 208 g/mol. The van der Waals surface area contributed by atoms with Gasteiger partial charge in [-0.15, -0.1) is 0 Å². The maximum absolute atomic E-state index is 5.23. The standard InChI is InChI=1S/C12H18NO2/c1-9(13-2)7-10-5-6-11(14-3)12(8-10)15-4/h5-6,8-9,13H,2,7H2,1,3-4H3. The molecule has 0 aliphatic heterocycles. The van der Waals surface area contributed by atoms with E-state index in [-0.39, 0.29) is 0 Å². The molecule has 15 heavy (non-hydrogen) atoms. The quantitative estimate of drug-likeness (QED) is 0.803. The number of benzene rings is 1. The van der Waals surface area contributed by atoms with Gasteiger partial charge in [0.2, 0.25) is 0 Å². The minimum atomic E-state index is 0.350. The molecule has 1 atom stereocenters. The molecule has 1 rings (SSSR count). The molecule has 1 radical (unpaired) electrons. The van der Waals surface area contributed by atoms with Crippen molar-refractivity contribution >= 4 is 0 Å². The summed E-state index contributed by atoms with van der Waals surface area (Å²) in [5.41, 5.74) is 1.20. The zero-order valence-corrected chi connectivity index (χ0v) is 9.54. The van der Waals surface area contributed by atoms with Gasteiger partial charge in [-0.05, 0) is 31.0 Å². The van der Waals surface area contributed by atoms with Crippen molar-refractivity contribution in [3.8, 4) is 11.5 Å². The monoisotopic (exact) mass is 208 g/mol. The SMILES string of the molecule is [CH2]NC(C)Cc1ccc(OC)c(OC)c1. The van der Waals surface area contributed by atoms with Crippen LogP contribution in [0.25, 0.3) is 0 Å². The predicted octanol–water partition coefficient (Wildman–Crippen LogP) is 2.02. The summed E-state index contributed by atoms with van der Waals surface area (Å²) in [6.45, 7) is 2.09. The van der Waals surface area contributed by atoms with Gasteiger partial charge in [-0.25, -0.2) is 0 Å². The Morgan fingerprint density at radius 3 is 2.47 bits per heavy atom. The predicted molar refractivity (Wildman–Crippen MR) is 61.2 cm³/mol. The second-order valence-corrected chi connectivity index (χ2v) is 3.50. The van der Waals surface area contributed by atoms with Gasteiger partial charge in [-0.2, -0.15) is 0 Å². The highest BCUT2D eigenvalue weighted by Crippen LogP contribution is 2.27. The first-order valence-corrected chi connectivity index (χ1v) is 4.94. The minimum absolute atomic E-state index is 0.350. The maximum Gasteiger partial charge on any atom is 0.160 e. The lowest BCUT2D eigenvalue weighted by molar-refractivity contribution is 0.354. The largest absolute Gasteiger partial charge is 0.493 e. The van der Waals surface area contributed by atoms with Gasteiger partial charge >= 0.3 is 0 Å². The van der Waals surface area contributed by atoms with Crippen molar-refractivity contribution in [3.05, 3.63) is 30.8 Å². The number of rotatable bonds is 5. The van der Waals surface area contributed by atoms with Gasteiger partial charge in [0.15, 0.2) is 11.5 Å². The van der Waals surface area contributed by atoms with E-state index in [4.69, 9.17) is 9.47 Å². The van der Waals surface area contributed by atoms with Crippen molar-refractivity contribution in [1.29, 1.82) is 0 Å². The molecule has 0 bridgehead atoms. The summed E-state index contributed by atoms with van der Waals surface area (Å²) in [5, 5.41) is 2.96. The molecule has 1 N–H and O–H groups in total. The third-order valence-corrected chi connectivity index (χ3v) is 2.34. The second-order valence-electron chi connectivity index (χ2n) is 3.50. The van der Waals surface area contributed by atoms with Crippen LogP contribution < -0.4 is 14.8 Å². The van der Waals surface area contributed by atoms with E-state index in [1.54, 1.807) is 14.2 Å². The van der Waals surface area contributed by atoms with Gasteiger partial charge in [-0.1, -0.05) is 6.07 Å². The molecule has 0 fully saturated rings. The Morgan fingerprint density at radius 2 is 1.93 bits per heavy atom. The summed E-state index contributed by atoms with van der Waals surface area (Å²) in [7, 11) is 6.93. The van der Waals surface area contributed by atoms with Crippen LogP contribution in [-0.2, 0) is 6.42 Å². The Morgan fingerprint density at radius 1 is 1.27 bits per heavy atom. The normalized spacial score (nSPS) is 12.3. The van der Waals surface area contributed by atoms with E-state index in [0.29, 0.717) is 6.04 Å². The van der Waals surface area contributed by atoms with Crippen LogP contribution >= 0.6 is 0 Å². The molecular formula is C12H18NO2. The van der Waals surface area contributed by atoms with Crippen molar-refractivity contribution < 1.29 is 9.47 Å². The summed E-state index contributed by atoms with van der Waals surface area (Å²) < 4.78 is 10.4. The summed E-state index contributed by atoms with van der Waals surface area (Å²) in [6.07, 6.45) is 0.920. The smallest absolute Gasteiger partial charge is 0.160 e. The van der Waals surface area contributed by atoms with E-state index in [0.717, 1.165) is 17.9 Å². The van der Waals surface area contributed by atoms with Gasteiger partial charge in [0.25, 0.3) is 0 Å². The van der Waals surface area contributed by atoms with Gasteiger partial charge in [0, 0.05) is 13.1 Å². The fraction of sp³-hybridized carbons (Fsp3) is 0.417. The maximum atomic E-state index is 5.23. The molecule has 3 nitrogen and oxygen atoms in total. The fourth-order valence-corrected chi connectivity index (χ4v) is 1.43. The summed E-state index contributed by atoms with van der Waals surface area (Å²) in [6, 6.07) is 6.30. The van der Waals surface area contributed by atoms with Crippen LogP contribution in [0.1, 0.15) is 12.5 Å². The fourth-order valence-electron chi connectivity index (χ4n) is 1.43. The van der Waals surface area contributed by atoms with Gasteiger partial charge in [0.1, 0.15) is 0 Å². The van der Waals surface area contributed by atoms with Gasteiger partial charge in [-0.3, -0.25) is 0 Å². The third-order valence-electron chi connectivity index (χ3n) is 2.34. The Hall–Kier alpha value is -1.22. The average Bonchev–Trinajstić information content (AvgIpc) is 2.28. The zero-order valence-electron chi connectivity index (χ0n) is 9.54. The molecule has 0 amide bonds. The van der Waals surface area contributed by atoms with Crippen LogP contribution in [0.2, 0.25) is 0 Å². The lowest BCUT2D eigenvalue weighted by Gasteiger charge is -2.12. The Kier molecular flexibility index (Phi) is 4.43. The highest BCUT2D eigenvalue weighted by atomic mass is 16.5. The third kappa shape index (κ3) is 3.13. The molecule has 0 saturated heterocycles. The summed E-state index contributed by atoms with van der Waals surface area (Å²) in [4.78, 5) is 0. The highest BCUT2D eigenvalue weighted by Gasteiger charge is 2.06. The molecule has 0 aromatic heterocycles. The van der Waals surface area contributed by atoms with Gasteiger partial charge in [0.05, 0.1) is 14.2 Å². The molecule has 0 spiro atoms. The minimum Gasteiger partial charge on any atom is -0.493 e. The van der Waals surface area contributed by atoms with Crippen LogP contribution in [0.3, 0.4) is 0 Å². The number of methoxy groups -OCH3 is 2. The molecule has 83 valence electrons. The van der Waals surface area contributed by atoms with Crippen molar-refractivity contribution in [2.24, 2.45) is 0 Å². The molecule has 0 heterocycles. The first-order chi connectivity index (χ1) is 7.21. The van der Waals surface area contributed by atoms with E-state index in [1.807, 2.05) is 18.2 Å². The van der Waals surface area contributed by atoms with Crippen molar-refractivity contribution in [3.63, 3.8) is 0 Å². The number of hydrogen-bond donors (Lipinski definition) is 1. The van der Waals surface area contributed by atoms with Crippen LogP contribution in [0, 0.1) is 7.05 Å². The van der Waals surface area contributed by atoms with E-state index in [1.165, 1.54) is 5.56 Å². The molecule has 1 aromatic rings. The molecule has 0 aliphatic rings. The first-order valence-electron chi connectivity index (χ1n) is 4.94. The van der Waals surface area contributed by atoms with Crippen molar-refractivity contribution in [2.45, 2.75) is 19.4 Å². The van der Waals surface area contributed by atoms with E-state index >= 15 is 0 Å². The van der Waals surface area contributed by atoms with Gasteiger partial charge < -0.3 is 14.8 Å². The Bertz CT molecular complexity index is 312. The van der Waals surface area contributed by atoms with E-state index < -0.39 is 0 Å². The lowest BCUT2D eigenvalue weighted by Crippen LogP contribution is -2.21. The zero-order chi connectivity index (χ0) is 11.3. The molecule has 1 unspecified atom stereocenters. The van der Waals surface area contributed by atoms with Crippen LogP contribution in [-0.4, -0.2) is 20.3 Å². The Labute approximate surface area is 91.4 Å². The number of ether oxygens (including phenoxy) is 2. The molecule has 3 heteroatoms. The van der Waals surface area contributed by atoms with Crippen LogP contribution in [0.5, 0.6) is 11.5 Å². The van der Waals surface area contributed by atoms with E-state index in [9.17, 15) is 0 Å². The number of hydrogen-bond acceptors (Lipinski definition) is 3. The van der Waals surface area contributed by atoms with Crippen LogP contribution in [0.15, 0.2) is 18.2 Å². The highest BCUT2D eigenvalue weighted by molar-refractivity contribution is 5.43. The van der Waals surface area contributed by atoms with Crippen molar-refractivity contribution in [2.75, 3.05) is 14.2 Å². The van der Waals surface area contributed by atoms with Crippen LogP contribution in [0.4, 0.5) is 0 Å². The number of nitrogens with one attached hydrogen (secondary N) is 1. The lowest BCUT2D eigenvalue weighted by atomic mass is 10.1. The summed E-state index contributed by atoms with van der Waals surface area (Å²) >= 11 is 0. The topological polar surface area (TPSA) is 30.5 Å². The molecular weight excluding hydrogens is 190 g/mol. The molecule has 0 saturated carbocycles. The molecule has 0 aliphatic carbocycles. The van der Waals surface area contributed by atoms with Crippen molar-refractivity contribution in [1.82, 2.24) is 5.32 Å². The second kappa shape index (κ2) is 5.61. The Balaban J connectivity index is 2.83. The summed E-state index contributed by atoms with van der Waals surface area (Å²) in [5.74, 6) is 1.53.